The molecule has 238 valence electrons. The molecular formula is C39H42N2O5. The summed E-state index contributed by atoms with van der Waals surface area (Å²) in [5.74, 6) is 0.337. The maximum atomic E-state index is 15.2. The number of nitrogens with zero attached hydrogens (tertiary/aromatic N) is 2. The molecule has 8 rings (SSSR count). The Labute approximate surface area is 270 Å². The summed E-state index contributed by atoms with van der Waals surface area (Å²) < 4.78 is 5.81. The second kappa shape index (κ2) is 12.5. The number of ether oxygens (including phenoxy) is 1. The first kappa shape index (κ1) is 30.4. The topological polar surface area (TPSA) is 84.0 Å². The highest BCUT2D eigenvalue weighted by molar-refractivity contribution is 6.10. The van der Waals surface area contributed by atoms with Crippen LogP contribution in [0.4, 0.5) is 5.69 Å². The average Bonchev–Trinajstić information content (AvgIpc) is 3.08. The number of amides is 2. The fourth-order valence-corrected chi connectivity index (χ4v) is 9.49. The van der Waals surface area contributed by atoms with Crippen molar-refractivity contribution in [2.45, 2.75) is 83.5 Å². The SMILES string of the molecule is CC(=O)N1[C@H](CC23CC4CC(CC(C4)C2)C3)C(=O)N(Cc2ccccc2)c2ccccc2C(=O)C[C@H]1C(=O)OCc1ccccc1. The molecule has 0 spiro atoms. The summed E-state index contributed by atoms with van der Waals surface area (Å²) in [6.07, 6.45) is 7.14. The van der Waals surface area contributed by atoms with Gasteiger partial charge in [-0.3, -0.25) is 14.4 Å². The highest BCUT2D eigenvalue weighted by atomic mass is 16.5. The van der Waals surface area contributed by atoms with Crippen LogP contribution in [0.25, 0.3) is 0 Å². The summed E-state index contributed by atoms with van der Waals surface area (Å²) in [5.41, 5.74) is 2.53. The molecule has 5 aliphatic rings. The maximum Gasteiger partial charge on any atom is 0.329 e. The van der Waals surface area contributed by atoms with Crippen molar-refractivity contribution in [2.75, 3.05) is 4.90 Å². The van der Waals surface area contributed by atoms with Gasteiger partial charge in [-0.25, -0.2) is 4.79 Å². The Hall–Kier alpha value is -4.26. The number of para-hydroxylation sites is 1. The van der Waals surface area contributed by atoms with Gasteiger partial charge in [0.25, 0.3) is 0 Å². The first-order chi connectivity index (χ1) is 22.3. The van der Waals surface area contributed by atoms with E-state index in [4.69, 9.17) is 4.74 Å². The van der Waals surface area contributed by atoms with Gasteiger partial charge < -0.3 is 14.5 Å². The number of hydrogen-bond acceptors (Lipinski definition) is 5. The van der Waals surface area contributed by atoms with Crippen molar-refractivity contribution in [2.24, 2.45) is 23.2 Å². The Morgan fingerprint density at radius 3 is 1.96 bits per heavy atom. The van der Waals surface area contributed by atoms with E-state index in [1.807, 2.05) is 72.8 Å². The molecule has 4 fully saturated rings. The third kappa shape index (κ3) is 6.00. The van der Waals surface area contributed by atoms with Gasteiger partial charge in [-0.1, -0.05) is 72.8 Å². The molecule has 0 unspecified atom stereocenters. The molecule has 3 aromatic rings. The molecule has 2 amide bonds. The van der Waals surface area contributed by atoms with Gasteiger partial charge >= 0.3 is 5.97 Å². The smallest absolute Gasteiger partial charge is 0.329 e. The monoisotopic (exact) mass is 618 g/mol. The Kier molecular flexibility index (Phi) is 8.26. The fraction of sp³-hybridized carbons (Fsp3) is 0.436. The van der Waals surface area contributed by atoms with Gasteiger partial charge in [-0.15, -0.1) is 0 Å². The highest BCUT2D eigenvalue weighted by Gasteiger charge is 2.54. The summed E-state index contributed by atoms with van der Waals surface area (Å²) >= 11 is 0. The van der Waals surface area contributed by atoms with E-state index in [1.165, 1.54) is 31.1 Å². The second-order valence-electron chi connectivity index (χ2n) is 14.2. The molecule has 3 aromatic carbocycles. The van der Waals surface area contributed by atoms with Crippen LogP contribution in [0.1, 0.15) is 79.8 Å². The molecule has 7 nitrogen and oxygen atoms in total. The first-order valence-electron chi connectivity index (χ1n) is 16.8. The number of fused-ring (bicyclic) bond motifs is 1. The lowest BCUT2D eigenvalue weighted by atomic mass is 9.48. The summed E-state index contributed by atoms with van der Waals surface area (Å²) in [4.78, 5) is 60.2. The van der Waals surface area contributed by atoms with Gasteiger partial charge in [0, 0.05) is 18.9 Å². The Morgan fingerprint density at radius 1 is 0.783 bits per heavy atom. The van der Waals surface area contributed by atoms with E-state index in [-0.39, 0.29) is 36.7 Å². The number of ketones is 1. The normalized spacial score (nSPS) is 28.7. The molecule has 0 aromatic heterocycles. The lowest BCUT2D eigenvalue weighted by molar-refractivity contribution is -0.161. The molecule has 0 saturated heterocycles. The zero-order chi connectivity index (χ0) is 31.8. The molecule has 2 atom stereocenters. The predicted molar refractivity (Wildman–Crippen MR) is 175 cm³/mol. The van der Waals surface area contributed by atoms with Crippen LogP contribution >= 0.6 is 0 Å². The number of rotatable bonds is 7. The number of carbonyl (C=O) groups excluding carboxylic acids is 4. The van der Waals surface area contributed by atoms with E-state index in [1.54, 1.807) is 17.0 Å². The Morgan fingerprint density at radius 2 is 1.35 bits per heavy atom. The van der Waals surface area contributed by atoms with Crippen molar-refractivity contribution in [3.8, 4) is 0 Å². The number of anilines is 1. The second-order valence-corrected chi connectivity index (χ2v) is 14.2. The standard InChI is InChI=1S/C39H42N2O5/c1-26(42)41-34(38(45)46-25-28-12-6-3-7-13-28)19-36(43)32-14-8-9-15-33(32)40(24-27-10-4-2-5-11-27)37(44)35(41)23-39-20-29-16-30(21-39)18-31(17-29)22-39/h2-15,29-31,34-35H,16-25H2,1H3/t29?,30?,31?,34-,35+,39?/m0/s1. The van der Waals surface area contributed by atoms with Gasteiger partial charge in [0.15, 0.2) is 5.78 Å². The van der Waals surface area contributed by atoms with Gasteiger partial charge in [0.2, 0.25) is 11.8 Å². The van der Waals surface area contributed by atoms with Gasteiger partial charge in [-0.05, 0) is 91.4 Å². The lowest BCUT2D eigenvalue weighted by Gasteiger charge is -2.58. The third-order valence-electron chi connectivity index (χ3n) is 10.9. The van der Waals surface area contributed by atoms with Crippen molar-refractivity contribution in [1.29, 1.82) is 0 Å². The minimum absolute atomic E-state index is 0.0143. The van der Waals surface area contributed by atoms with Crippen LogP contribution in [0.5, 0.6) is 0 Å². The number of esters is 1. The predicted octanol–water partition coefficient (Wildman–Crippen LogP) is 6.74. The van der Waals surface area contributed by atoms with E-state index in [0.717, 1.165) is 30.4 Å². The van der Waals surface area contributed by atoms with Crippen LogP contribution in [0.15, 0.2) is 84.9 Å². The molecule has 0 radical (unpaired) electrons. The van der Waals surface area contributed by atoms with Crippen molar-refractivity contribution in [3.05, 3.63) is 102 Å². The highest BCUT2D eigenvalue weighted by Crippen LogP contribution is 2.62. The van der Waals surface area contributed by atoms with E-state index in [9.17, 15) is 14.4 Å². The molecule has 4 bridgehead atoms. The Bertz CT molecular complexity index is 1580. The zero-order valence-corrected chi connectivity index (χ0v) is 26.5. The molecule has 4 saturated carbocycles. The summed E-state index contributed by atoms with van der Waals surface area (Å²) in [6.45, 7) is 1.67. The van der Waals surface area contributed by atoms with Crippen molar-refractivity contribution in [3.63, 3.8) is 0 Å². The molecule has 0 N–H and O–H groups in total. The number of carbonyl (C=O) groups is 4. The van der Waals surface area contributed by atoms with Crippen LogP contribution in [0, 0.1) is 23.2 Å². The zero-order valence-electron chi connectivity index (χ0n) is 26.5. The average molecular weight is 619 g/mol. The van der Waals surface area contributed by atoms with Gasteiger partial charge in [-0.2, -0.15) is 0 Å². The quantitative estimate of drug-likeness (QED) is 0.274. The molecule has 1 heterocycles. The molecular weight excluding hydrogens is 576 g/mol. The summed E-state index contributed by atoms with van der Waals surface area (Å²) in [6, 6.07) is 24.1. The number of hydrogen-bond donors (Lipinski definition) is 0. The van der Waals surface area contributed by atoms with Crippen LogP contribution in [-0.4, -0.2) is 40.6 Å². The molecule has 4 aliphatic carbocycles. The minimum atomic E-state index is -1.22. The van der Waals surface area contributed by atoms with Gasteiger partial charge in [0.1, 0.15) is 18.7 Å². The molecule has 7 heteroatoms. The van der Waals surface area contributed by atoms with Crippen molar-refractivity contribution in [1.82, 2.24) is 4.90 Å². The fourth-order valence-electron chi connectivity index (χ4n) is 9.49. The largest absolute Gasteiger partial charge is 0.459 e. The minimum Gasteiger partial charge on any atom is -0.459 e. The first-order valence-corrected chi connectivity index (χ1v) is 16.8. The van der Waals surface area contributed by atoms with Crippen molar-refractivity contribution >= 4 is 29.3 Å². The van der Waals surface area contributed by atoms with E-state index in [0.29, 0.717) is 35.4 Å². The molecule has 1 aliphatic heterocycles. The third-order valence-corrected chi connectivity index (χ3v) is 10.9. The van der Waals surface area contributed by atoms with Crippen LogP contribution < -0.4 is 4.90 Å². The number of benzene rings is 3. The lowest BCUT2D eigenvalue weighted by Crippen LogP contribution is -2.59. The van der Waals surface area contributed by atoms with Crippen LogP contribution in [-0.2, 0) is 32.3 Å². The van der Waals surface area contributed by atoms with Crippen LogP contribution in [0.3, 0.4) is 0 Å². The van der Waals surface area contributed by atoms with E-state index >= 15 is 4.79 Å². The molecule has 46 heavy (non-hydrogen) atoms. The maximum absolute atomic E-state index is 15.2. The summed E-state index contributed by atoms with van der Waals surface area (Å²) in [5, 5.41) is 0. The van der Waals surface area contributed by atoms with Gasteiger partial charge in [0.05, 0.1) is 12.2 Å². The van der Waals surface area contributed by atoms with E-state index < -0.39 is 24.0 Å². The number of Topliss-reactive ketones (excluding diaryl/α,β-unsaturated/α-hetero) is 1. The van der Waals surface area contributed by atoms with E-state index in [2.05, 4.69) is 0 Å². The Balaban J connectivity index is 1.32. The van der Waals surface area contributed by atoms with Crippen molar-refractivity contribution < 1.29 is 23.9 Å². The van der Waals surface area contributed by atoms with Crippen LogP contribution in [0.2, 0.25) is 0 Å². The summed E-state index contributed by atoms with van der Waals surface area (Å²) in [7, 11) is 0.